The summed E-state index contributed by atoms with van der Waals surface area (Å²) in [5, 5.41) is 45.1. The minimum atomic E-state index is -1.28. The monoisotopic (exact) mass is 1320 g/mol. The van der Waals surface area contributed by atoms with Crippen LogP contribution in [-0.2, 0) is 33.3 Å². The van der Waals surface area contributed by atoms with Crippen LogP contribution in [0.3, 0.4) is 0 Å². The molecule has 0 aromatic carbocycles. The molecule has 0 bridgehead atoms. The zero-order valence-corrected chi connectivity index (χ0v) is 39.1. The summed E-state index contributed by atoms with van der Waals surface area (Å²) >= 11 is 9.54. The normalized spacial score (nSPS) is 21.7. The first-order valence-electron chi connectivity index (χ1n) is 13.3. The van der Waals surface area contributed by atoms with Gasteiger partial charge in [0, 0.05) is 63.3 Å². The molecule has 2 aliphatic rings. The Morgan fingerprint density at radius 2 is 1.59 bits per heavy atom. The number of aliphatic hydroxyl groups excluding tert-OH is 1. The number of hydrogen-bond acceptors (Lipinski definition) is 11. The maximum absolute atomic E-state index is 11.6. The van der Waals surface area contributed by atoms with Gasteiger partial charge in [-0.25, -0.2) is 0 Å². The van der Waals surface area contributed by atoms with E-state index in [9.17, 15) is 24.6 Å². The van der Waals surface area contributed by atoms with Gasteiger partial charge in [0.1, 0.15) is 5.60 Å². The van der Waals surface area contributed by atoms with Crippen LogP contribution >= 0.6 is 98.4 Å². The minimum absolute atomic E-state index is 0. The molecule has 4 unspecified atom stereocenters. The van der Waals surface area contributed by atoms with E-state index in [0.29, 0.717) is 39.3 Å². The molecule has 0 amide bonds. The van der Waals surface area contributed by atoms with E-state index in [0.717, 1.165) is 19.4 Å². The Balaban J connectivity index is -0.000000127. The van der Waals surface area contributed by atoms with Crippen LogP contribution in [-0.4, -0.2) is 98.6 Å². The second-order valence-corrected chi connectivity index (χ2v) is 27.8. The summed E-state index contributed by atoms with van der Waals surface area (Å²) in [6.45, 7) is 11.3. The van der Waals surface area contributed by atoms with E-state index in [1.807, 2.05) is 0 Å². The second-order valence-electron chi connectivity index (χ2n) is 11.6. The van der Waals surface area contributed by atoms with Crippen LogP contribution in [0.4, 0.5) is 0 Å². The molecular weight excluding hydrogens is 1270 g/mol. The first-order chi connectivity index (χ1) is 19.7. The van der Waals surface area contributed by atoms with Gasteiger partial charge in [-0.1, -0.05) is 0 Å². The van der Waals surface area contributed by atoms with Crippen molar-refractivity contribution in [3.63, 3.8) is 0 Å². The molecule has 44 heavy (non-hydrogen) atoms. The van der Waals surface area contributed by atoms with E-state index in [1.54, 1.807) is 34.6 Å². The number of carboxylic acids is 1. The fourth-order valence-corrected chi connectivity index (χ4v) is 3.36. The Kier molecular flexibility index (Phi) is 35.5. The van der Waals surface area contributed by atoms with Gasteiger partial charge in [-0.05, 0) is 60.8 Å². The summed E-state index contributed by atoms with van der Waals surface area (Å²) in [5.41, 5.74) is -3.74. The molecule has 4 atom stereocenters. The first kappa shape index (κ1) is 53.3. The van der Waals surface area contributed by atoms with E-state index in [2.05, 4.69) is 79.2 Å². The molecule has 2 rings (SSSR count). The topological polar surface area (TPSA) is 189 Å². The number of cyclic esters (lactones) is 1. The number of aliphatic carboxylic acids is 1. The number of hydrogen-bond donors (Lipinski definition) is 5. The van der Waals surface area contributed by atoms with Gasteiger partial charge in [0.05, 0.1) is 49.3 Å². The molecule has 0 aromatic heterocycles. The molecule has 2 aliphatic heterocycles. The molecule has 0 aliphatic carbocycles. The Morgan fingerprint density at radius 3 is 1.95 bits per heavy atom. The van der Waals surface area contributed by atoms with E-state index < -0.39 is 34.3 Å². The Morgan fingerprint density at radius 1 is 1.07 bits per heavy atom. The Bertz CT molecular complexity index is 770. The standard InChI is InChI=1S/C14H26O5.C6H12O4.C6H10O3.I3.I2.HI/c1-13(2,3)19-11(15)10-14(4,16)7-9-18-12-6-5-8-17-12;1-6(10,2-3-7)4-5(8)9;1-6(8)2-3-9-5(7)4-6;1-3-2;1-2;/h12,16H,5-10H2,1-4H3;7,10H,2-4H2,1H3,(H,8,9);8H,2-4H2,1H3;;;1H/q;;;-1;;/p+2. The zero-order chi connectivity index (χ0) is 34.3. The van der Waals surface area contributed by atoms with Crippen LogP contribution in [0, 0.1) is 0 Å². The van der Waals surface area contributed by atoms with E-state index in [4.69, 9.17) is 29.5 Å². The molecule has 268 valence electrons. The van der Waals surface area contributed by atoms with Gasteiger partial charge >= 0.3 is 71.2 Å². The molecular formula is C26H51I6O12+. The number of esters is 2. The molecule has 2 fully saturated rings. The Hall–Kier alpha value is 2.55. The van der Waals surface area contributed by atoms with Crippen LogP contribution in [0.15, 0.2) is 0 Å². The van der Waals surface area contributed by atoms with Crippen molar-refractivity contribution >= 4 is 116 Å². The second kappa shape index (κ2) is 29.3. The molecule has 2 saturated heterocycles. The SMILES string of the molecule is CC(O)(CCO)CC(=O)O.CC(O)(CCOC1CCCO1)CC(=O)OC(C)(C)C.CC1(O)CCOC(=O)C1.I.II.I[I-]I.[H+].[H+]. The average Bonchev–Trinajstić information content (AvgIpc) is 3.32. The third-order valence-corrected chi connectivity index (χ3v) is 5.39. The molecule has 0 aromatic rings. The van der Waals surface area contributed by atoms with Crippen molar-refractivity contribution in [3.8, 4) is 0 Å². The van der Waals surface area contributed by atoms with Crippen molar-refractivity contribution < 1.29 is 75.0 Å². The van der Waals surface area contributed by atoms with Crippen molar-refractivity contribution in [2.75, 3.05) is 26.4 Å². The minimum Gasteiger partial charge on any atom is 1.00 e. The van der Waals surface area contributed by atoms with Crippen LogP contribution in [0.2, 0.25) is 0 Å². The van der Waals surface area contributed by atoms with Crippen molar-refractivity contribution in [1.82, 2.24) is 0 Å². The van der Waals surface area contributed by atoms with Crippen molar-refractivity contribution in [3.05, 3.63) is 0 Å². The van der Waals surface area contributed by atoms with E-state index in [-0.39, 0.29) is 71.4 Å². The van der Waals surface area contributed by atoms with Gasteiger partial charge in [-0.15, -0.1) is 24.0 Å². The fraction of sp³-hybridized carbons (Fsp3) is 0.885. The number of carbonyl (C=O) groups excluding carboxylic acids is 2. The third kappa shape index (κ3) is 37.4. The number of halogens is 6. The maximum Gasteiger partial charge on any atom is 1.00 e. The Labute approximate surface area is 334 Å². The molecule has 12 nitrogen and oxygen atoms in total. The number of aliphatic hydroxyl groups is 4. The quantitative estimate of drug-likeness (QED) is 0.159. The van der Waals surface area contributed by atoms with Crippen molar-refractivity contribution in [2.45, 2.75) is 122 Å². The van der Waals surface area contributed by atoms with Gasteiger partial charge in [0.15, 0.2) is 6.29 Å². The van der Waals surface area contributed by atoms with Crippen LogP contribution in [0.5, 0.6) is 0 Å². The van der Waals surface area contributed by atoms with Gasteiger partial charge < -0.3 is 44.5 Å². The number of ether oxygens (including phenoxy) is 4. The van der Waals surface area contributed by atoms with Crippen molar-refractivity contribution in [1.29, 1.82) is 0 Å². The third-order valence-electron chi connectivity index (χ3n) is 5.39. The summed E-state index contributed by atoms with van der Waals surface area (Å²) in [7, 11) is 0. The molecule has 0 spiro atoms. The molecule has 5 N–H and O–H groups in total. The zero-order valence-electron chi connectivity index (χ0n) is 28.0. The van der Waals surface area contributed by atoms with Gasteiger partial charge in [0.25, 0.3) is 0 Å². The summed E-state index contributed by atoms with van der Waals surface area (Å²) in [6, 6.07) is 0. The molecule has 0 radical (unpaired) electrons. The molecule has 18 heteroatoms. The van der Waals surface area contributed by atoms with Crippen molar-refractivity contribution in [2.24, 2.45) is 0 Å². The van der Waals surface area contributed by atoms with E-state index >= 15 is 0 Å². The number of carboxylic acid groups (broad SMARTS) is 1. The predicted molar refractivity (Wildman–Crippen MR) is 210 cm³/mol. The maximum atomic E-state index is 11.6. The molecule has 2 heterocycles. The number of rotatable bonds is 10. The fourth-order valence-electron chi connectivity index (χ4n) is 3.36. The predicted octanol–water partition coefficient (Wildman–Crippen LogP) is 3.07. The van der Waals surface area contributed by atoms with Gasteiger partial charge in [0.2, 0.25) is 0 Å². The van der Waals surface area contributed by atoms with Crippen LogP contribution in [0.1, 0.15) is 95.8 Å². The van der Waals surface area contributed by atoms with Crippen LogP contribution < -0.4 is 13.3 Å². The van der Waals surface area contributed by atoms with Gasteiger partial charge in [-0.2, -0.15) is 0 Å². The van der Waals surface area contributed by atoms with Crippen LogP contribution in [0.25, 0.3) is 0 Å². The molecule has 0 saturated carbocycles. The van der Waals surface area contributed by atoms with Gasteiger partial charge in [-0.3, -0.25) is 14.4 Å². The first-order valence-corrected chi connectivity index (χ1v) is 32.1. The smallest absolute Gasteiger partial charge is 1.00 e. The largest absolute Gasteiger partial charge is 1.00 e. The van der Waals surface area contributed by atoms with E-state index in [1.165, 1.54) is 6.92 Å². The summed E-state index contributed by atoms with van der Waals surface area (Å²) in [5.74, 6) is -1.75. The number of carbonyl (C=O) groups is 3. The summed E-state index contributed by atoms with van der Waals surface area (Å²) < 4.78 is 20.6. The summed E-state index contributed by atoms with van der Waals surface area (Å²) in [4.78, 5) is 32.2. The summed E-state index contributed by atoms with van der Waals surface area (Å²) in [6.07, 6.45) is 2.56. The average molecular weight is 1320 g/mol.